The summed E-state index contributed by atoms with van der Waals surface area (Å²) in [7, 11) is -3.50. The Morgan fingerprint density at radius 1 is 0.957 bits per heavy atom. The van der Waals surface area contributed by atoms with Crippen molar-refractivity contribution in [2.24, 2.45) is 0 Å². The van der Waals surface area contributed by atoms with Crippen LogP contribution in [0.25, 0.3) is 10.4 Å². The Labute approximate surface area is 280 Å². The lowest BCUT2D eigenvalue weighted by Crippen LogP contribution is -2.15. The summed E-state index contributed by atoms with van der Waals surface area (Å²) >= 11 is 9.15. The standard InChI is InChI=1S/C34H29ClN2O6S3/c35-26-11-15-28(16-12-26)46(41,42)18-4-5-23-8-17-30(43-21-33(38)39)29(19-23)37-34(40)25-9-13-27(14-10-25)44-22-32-36-20-31(45-32)24-6-2-1-3-7-24/h1-3,6-17,19-20H,4-5,18,21-22H2,(H,37,40)(H,38,39). The highest BCUT2D eigenvalue weighted by Gasteiger charge is 2.16. The van der Waals surface area contributed by atoms with Crippen LogP contribution in [0, 0.1) is 0 Å². The van der Waals surface area contributed by atoms with Crippen LogP contribution in [0.2, 0.25) is 5.02 Å². The minimum absolute atomic E-state index is 0.0747. The Kier molecular flexibility index (Phi) is 11.1. The summed E-state index contributed by atoms with van der Waals surface area (Å²) < 4.78 is 30.8. The van der Waals surface area contributed by atoms with Crippen molar-refractivity contribution >= 4 is 62.1 Å². The summed E-state index contributed by atoms with van der Waals surface area (Å²) in [5.41, 5.74) is 2.60. The van der Waals surface area contributed by atoms with E-state index in [0.29, 0.717) is 34.9 Å². The zero-order valence-corrected chi connectivity index (χ0v) is 27.6. The topological polar surface area (TPSA) is 123 Å². The quantitative estimate of drug-likeness (QED) is 0.113. The van der Waals surface area contributed by atoms with Crippen LogP contribution in [0.1, 0.15) is 27.3 Å². The number of amides is 1. The van der Waals surface area contributed by atoms with E-state index in [1.165, 1.54) is 24.3 Å². The van der Waals surface area contributed by atoms with Gasteiger partial charge in [0, 0.05) is 21.7 Å². The molecule has 236 valence electrons. The number of carboxylic acids is 1. The van der Waals surface area contributed by atoms with Gasteiger partial charge >= 0.3 is 5.97 Å². The van der Waals surface area contributed by atoms with Gasteiger partial charge in [-0.05, 0) is 84.6 Å². The van der Waals surface area contributed by atoms with E-state index < -0.39 is 28.3 Å². The molecule has 5 aromatic rings. The van der Waals surface area contributed by atoms with Crippen molar-refractivity contribution in [3.63, 3.8) is 0 Å². The first-order chi connectivity index (χ1) is 22.2. The SMILES string of the molecule is O=C(O)COc1ccc(CCCS(=O)(=O)c2ccc(Cl)cc2)cc1NC(=O)c1ccc(SCc2ncc(-c3ccccc3)s2)cc1. The maximum absolute atomic E-state index is 13.2. The number of hydrogen-bond donors (Lipinski definition) is 2. The van der Waals surface area contributed by atoms with Crippen LogP contribution >= 0.6 is 34.7 Å². The number of ether oxygens (including phenoxy) is 1. The predicted octanol–water partition coefficient (Wildman–Crippen LogP) is 7.88. The number of anilines is 1. The number of nitrogens with one attached hydrogen (secondary N) is 1. The maximum atomic E-state index is 13.2. The van der Waals surface area contributed by atoms with E-state index in [-0.39, 0.29) is 16.4 Å². The number of carboxylic acid groups (broad SMARTS) is 1. The van der Waals surface area contributed by atoms with Gasteiger partial charge in [-0.2, -0.15) is 0 Å². The maximum Gasteiger partial charge on any atom is 0.341 e. The number of aryl methyl sites for hydroxylation is 1. The van der Waals surface area contributed by atoms with E-state index in [1.54, 1.807) is 53.4 Å². The van der Waals surface area contributed by atoms with Gasteiger partial charge in [0.1, 0.15) is 10.8 Å². The minimum Gasteiger partial charge on any atom is -0.480 e. The van der Waals surface area contributed by atoms with Crippen LogP contribution in [0.5, 0.6) is 5.75 Å². The molecular weight excluding hydrogens is 664 g/mol. The van der Waals surface area contributed by atoms with Crippen LogP contribution in [0.15, 0.2) is 113 Å². The van der Waals surface area contributed by atoms with Crippen LogP contribution in [0.3, 0.4) is 0 Å². The molecule has 0 aliphatic heterocycles. The van der Waals surface area contributed by atoms with Gasteiger partial charge in [0.05, 0.1) is 27.0 Å². The first-order valence-electron chi connectivity index (χ1n) is 14.2. The van der Waals surface area contributed by atoms with Crippen molar-refractivity contribution in [2.75, 3.05) is 17.7 Å². The smallest absolute Gasteiger partial charge is 0.341 e. The molecule has 4 aromatic carbocycles. The number of nitrogens with zero attached hydrogens (tertiary/aromatic N) is 1. The molecule has 0 saturated carbocycles. The number of aliphatic carboxylic acids is 1. The average molecular weight is 693 g/mol. The third-order valence-electron chi connectivity index (χ3n) is 6.79. The number of carbonyl (C=O) groups excluding carboxylic acids is 1. The molecule has 8 nitrogen and oxygen atoms in total. The molecule has 0 atom stereocenters. The summed E-state index contributed by atoms with van der Waals surface area (Å²) in [6.45, 7) is -0.584. The molecule has 5 rings (SSSR count). The van der Waals surface area contributed by atoms with Gasteiger partial charge in [-0.25, -0.2) is 18.2 Å². The summed E-state index contributed by atoms with van der Waals surface area (Å²) in [6, 6.07) is 28.3. The zero-order valence-electron chi connectivity index (χ0n) is 24.4. The molecule has 1 amide bonds. The predicted molar refractivity (Wildman–Crippen MR) is 183 cm³/mol. The molecule has 12 heteroatoms. The average Bonchev–Trinajstić information content (AvgIpc) is 3.53. The first kappa shape index (κ1) is 33.2. The van der Waals surface area contributed by atoms with Crippen molar-refractivity contribution in [1.82, 2.24) is 4.98 Å². The normalized spacial score (nSPS) is 11.2. The second-order valence-corrected chi connectivity index (χ2v) is 14.9. The Morgan fingerprint density at radius 3 is 2.41 bits per heavy atom. The molecule has 0 saturated heterocycles. The minimum atomic E-state index is -3.50. The Morgan fingerprint density at radius 2 is 1.70 bits per heavy atom. The number of thioether (sulfide) groups is 1. The van der Waals surface area contributed by atoms with Crippen molar-refractivity contribution < 1.29 is 27.9 Å². The second kappa shape index (κ2) is 15.4. The van der Waals surface area contributed by atoms with E-state index in [9.17, 15) is 18.0 Å². The number of benzene rings is 4. The van der Waals surface area contributed by atoms with Crippen molar-refractivity contribution in [2.45, 2.75) is 28.4 Å². The monoisotopic (exact) mass is 692 g/mol. The van der Waals surface area contributed by atoms with Gasteiger partial charge < -0.3 is 15.2 Å². The van der Waals surface area contributed by atoms with Crippen molar-refractivity contribution in [3.05, 3.63) is 124 Å². The lowest BCUT2D eigenvalue weighted by molar-refractivity contribution is -0.139. The zero-order chi connectivity index (χ0) is 32.5. The highest BCUT2D eigenvalue weighted by molar-refractivity contribution is 7.98. The van der Waals surface area contributed by atoms with Gasteiger partial charge in [-0.15, -0.1) is 23.1 Å². The number of aromatic nitrogens is 1. The molecule has 0 fully saturated rings. The molecule has 1 heterocycles. The van der Waals surface area contributed by atoms with E-state index in [1.807, 2.05) is 36.5 Å². The Bertz CT molecular complexity index is 1910. The number of hydrogen-bond acceptors (Lipinski definition) is 8. The number of sulfone groups is 1. The molecule has 0 spiro atoms. The lowest BCUT2D eigenvalue weighted by atomic mass is 10.1. The van der Waals surface area contributed by atoms with Crippen molar-refractivity contribution in [1.29, 1.82) is 0 Å². The highest BCUT2D eigenvalue weighted by Crippen LogP contribution is 2.31. The molecular formula is C34H29ClN2O6S3. The fraction of sp³-hybridized carbons (Fsp3) is 0.147. The van der Waals surface area contributed by atoms with Crippen LogP contribution in [0.4, 0.5) is 5.69 Å². The van der Waals surface area contributed by atoms with E-state index in [2.05, 4.69) is 22.4 Å². The number of rotatable bonds is 14. The van der Waals surface area contributed by atoms with E-state index >= 15 is 0 Å². The van der Waals surface area contributed by atoms with Gasteiger partial charge in [0.25, 0.3) is 5.91 Å². The van der Waals surface area contributed by atoms with E-state index in [0.717, 1.165) is 25.9 Å². The molecule has 0 unspecified atom stereocenters. The van der Waals surface area contributed by atoms with Gasteiger partial charge in [-0.3, -0.25) is 4.79 Å². The summed E-state index contributed by atoms with van der Waals surface area (Å²) in [6.07, 6.45) is 2.63. The third kappa shape index (κ3) is 9.20. The van der Waals surface area contributed by atoms with Gasteiger partial charge in [0.15, 0.2) is 16.4 Å². The van der Waals surface area contributed by atoms with E-state index in [4.69, 9.17) is 21.4 Å². The fourth-order valence-corrected chi connectivity index (χ4v) is 7.74. The van der Waals surface area contributed by atoms with Crippen molar-refractivity contribution in [3.8, 4) is 16.2 Å². The number of halogens is 1. The Hall–Kier alpha value is -4.16. The van der Waals surface area contributed by atoms with Gasteiger partial charge in [0.2, 0.25) is 0 Å². The first-order valence-corrected chi connectivity index (χ1v) is 18.0. The van der Waals surface area contributed by atoms with Gasteiger partial charge in [-0.1, -0.05) is 48.0 Å². The highest BCUT2D eigenvalue weighted by atomic mass is 35.5. The third-order valence-corrected chi connectivity index (χ3v) is 11.1. The number of carbonyl (C=O) groups is 2. The lowest BCUT2D eigenvalue weighted by Gasteiger charge is -2.14. The molecule has 0 aliphatic rings. The summed E-state index contributed by atoms with van der Waals surface area (Å²) in [4.78, 5) is 31.1. The molecule has 46 heavy (non-hydrogen) atoms. The molecule has 0 radical (unpaired) electrons. The Balaban J connectivity index is 1.21. The fourth-order valence-electron chi connectivity index (χ4n) is 4.48. The largest absolute Gasteiger partial charge is 0.480 e. The van der Waals surface area contributed by atoms with Crippen LogP contribution in [-0.2, 0) is 26.8 Å². The molecule has 1 aromatic heterocycles. The molecule has 2 N–H and O–H groups in total. The summed E-state index contributed by atoms with van der Waals surface area (Å²) in [5.74, 6) is -0.739. The second-order valence-electron chi connectivity index (χ2n) is 10.1. The van der Waals surface area contributed by atoms with Crippen LogP contribution < -0.4 is 10.1 Å². The van der Waals surface area contributed by atoms with Crippen LogP contribution in [-0.4, -0.2) is 42.7 Å². The summed E-state index contributed by atoms with van der Waals surface area (Å²) in [5, 5.41) is 13.4. The molecule has 0 aliphatic carbocycles. The number of thiazole rings is 1. The molecule has 0 bridgehead atoms.